The van der Waals surface area contributed by atoms with Gasteiger partial charge in [-0.15, -0.1) is 0 Å². The van der Waals surface area contributed by atoms with E-state index in [9.17, 15) is 0 Å². The third kappa shape index (κ3) is 2.97. The molecule has 6 nitrogen and oxygen atoms in total. The second-order valence-electron chi connectivity index (χ2n) is 3.60. The molecule has 0 atom stereocenters. The summed E-state index contributed by atoms with van der Waals surface area (Å²) in [7, 11) is 0. The summed E-state index contributed by atoms with van der Waals surface area (Å²) in [6.07, 6.45) is 2.57. The fourth-order valence-corrected chi connectivity index (χ4v) is 1.38. The maximum absolute atomic E-state index is 5.32. The van der Waals surface area contributed by atoms with Crippen molar-refractivity contribution in [3.05, 3.63) is 18.4 Å². The molecule has 18 heavy (non-hydrogen) atoms. The summed E-state index contributed by atoms with van der Waals surface area (Å²) in [5, 5.41) is 3.11. The molecule has 0 aliphatic heterocycles. The van der Waals surface area contributed by atoms with E-state index in [0.717, 1.165) is 13.0 Å². The van der Waals surface area contributed by atoms with Gasteiger partial charge < -0.3 is 14.5 Å². The van der Waals surface area contributed by atoms with Gasteiger partial charge in [0.2, 0.25) is 11.8 Å². The zero-order valence-corrected chi connectivity index (χ0v) is 10.5. The zero-order chi connectivity index (χ0) is 12.8. The van der Waals surface area contributed by atoms with Crippen molar-refractivity contribution >= 4 is 5.95 Å². The summed E-state index contributed by atoms with van der Waals surface area (Å²) in [5.41, 5.74) is 0. The van der Waals surface area contributed by atoms with Crippen LogP contribution in [0.4, 0.5) is 5.95 Å². The highest BCUT2D eigenvalue weighted by atomic mass is 16.5. The highest BCUT2D eigenvalue weighted by molar-refractivity contribution is 5.49. The van der Waals surface area contributed by atoms with E-state index < -0.39 is 0 Å². The van der Waals surface area contributed by atoms with Crippen molar-refractivity contribution in [3.8, 4) is 17.6 Å². The molecule has 0 unspecified atom stereocenters. The minimum absolute atomic E-state index is 0.303. The molecule has 96 valence electrons. The molecule has 2 aromatic rings. The van der Waals surface area contributed by atoms with Crippen LogP contribution < -0.4 is 10.1 Å². The average molecular weight is 248 g/mol. The van der Waals surface area contributed by atoms with Gasteiger partial charge >= 0.3 is 6.01 Å². The van der Waals surface area contributed by atoms with E-state index in [1.807, 2.05) is 6.92 Å². The smallest absolute Gasteiger partial charge is 0.321 e. The van der Waals surface area contributed by atoms with Crippen molar-refractivity contribution in [1.82, 2.24) is 15.0 Å². The summed E-state index contributed by atoms with van der Waals surface area (Å²) in [6.45, 7) is 5.27. The number of hydrogen-bond donors (Lipinski definition) is 1. The number of nitrogens with zero attached hydrogens (tertiary/aromatic N) is 3. The molecule has 0 aliphatic rings. The second kappa shape index (κ2) is 6.00. The molecule has 2 rings (SSSR count). The molecular weight excluding hydrogens is 232 g/mol. The first-order valence-corrected chi connectivity index (χ1v) is 6.00. The molecule has 0 aromatic carbocycles. The molecule has 0 amide bonds. The van der Waals surface area contributed by atoms with Gasteiger partial charge in [-0.1, -0.05) is 6.92 Å². The normalized spacial score (nSPS) is 10.3. The Morgan fingerprint density at radius 3 is 2.83 bits per heavy atom. The van der Waals surface area contributed by atoms with Crippen LogP contribution in [-0.4, -0.2) is 28.1 Å². The minimum Gasteiger partial charge on any atom is -0.464 e. The van der Waals surface area contributed by atoms with Crippen LogP contribution in [0.25, 0.3) is 11.6 Å². The Balaban J connectivity index is 2.30. The van der Waals surface area contributed by atoms with Crippen LogP contribution in [0.1, 0.15) is 20.3 Å². The first-order valence-electron chi connectivity index (χ1n) is 6.00. The molecule has 6 heteroatoms. The Labute approximate surface area is 105 Å². The van der Waals surface area contributed by atoms with Gasteiger partial charge in [0, 0.05) is 6.54 Å². The maximum atomic E-state index is 5.32. The molecule has 2 aromatic heterocycles. The summed E-state index contributed by atoms with van der Waals surface area (Å²) in [4.78, 5) is 12.7. The molecule has 0 saturated heterocycles. The largest absolute Gasteiger partial charge is 0.464 e. The van der Waals surface area contributed by atoms with Crippen molar-refractivity contribution in [1.29, 1.82) is 0 Å². The Bertz CT molecular complexity index is 485. The van der Waals surface area contributed by atoms with Crippen LogP contribution in [0.2, 0.25) is 0 Å². The van der Waals surface area contributed by atoms with Crippen molar-refractivity contribution in [2.45, 2.75) is 20.3 Å². The monoisotopic (exact) mass is 248 g/mol. The van der Waals surface area contributed by atoms with Gasteiger partial charge in [0.15, 0.2) is 5.76 Å². The van der Waals surface area contributed by atoms with Crippen molar-refractivity contribution in [2.75, 3.05) is 18.5 Å². The summed E-state index contributed by atoms with van der Waals surface area (Å²) >= 11 is 0. The van der Waals surface area contributed by atoms with Crippen LogP contribution in [-0.2, 0) is 0 Å². The second-order valence-corrected chi connectivity index (χ2v) is 3.60. The van der Waals surface area contributed by atoms with Crippen molar-refractivity contribution in [3.63, 3.8) is 0 Å². The third-order valence-electron chi connectivity index (χ3n) is 2.16. The molecule has 0 bridgehead atoms. The highest BCUT2D eigenvalue weighted by Gasteiger charge is 2.10. The Morgan fingerprint density at radius 1 is 1.28 bits per heavy atom. The molecule has 0 saturated carbocycles. The average Bonchev–Trinajstić information content (AvgIpc) is 2.90. The predicted octanol–water partition coefficient (Wildman–Crippen LogP) is 2.35. The molecule has 2 heterocycles. The maximum Gasteiger partial charge on any atom is 0.321 e. The number of furan rings is 1. The fraction of sp³-hybridized carbons (Fsp3) is 0.417. The van der Waals surface area contributed by atoms with E-state index >= 15 is 0 Å². The van der Waals surface area contributed by atoms with Crippen LogP contribution in [0.5, 0.6) is 6.01 Å². The Hall–Kier alpha value is -2.11. The van der Waals surface area contributed by atoms with Gasteiger partial charge in [-0.2, -0.15) is 15.0 Å². The van der Waals surface area contributed by atoms with Gasteiger partial charge in [-0.3, -0.25) is 0 Å². The topological polar surface area (TPSA) is 73.1 Å². The molecule has 0 radical (unpaired) electrons. The Morgan fingerprint density at radius 2 is 2.17 bits per heavy atom. The number of hydrogen-bond acceptors (Lipinski definition) is 6. The van der Waals surface area contributed by atoms with E-state index in [0.29, 0.717) is 30.2 Å². The van der Waals surface area contributed by atoms with Crippen LogP contribution in [0.3, 0.4) is 0 Å². The quantitative estimate of drug-likeness (QED) is 0.846. The van der Waals surface area contributed by atoms with Gasteiger partial charge in [0.25, 0.3) is 0 Å². The number of rotatable bonds is 6. The standard InChI is InChI=1S/C12H16N4O2/c1-3-7-13-11-14-10(9-6-5-8-18-9)15-12(16-11)17-4-2/h5-6,8H,3-4,7H2,1-2H3,(H,13,14,15,16). The summed E-state index contributed by atoms with van der Waals surface area (Å²) in [6, 6.07) is 3.89. The number of aromatic nitrogens is 3. The molecule has 0 fully saturated rings. The van der Waals surface area contributed by atoms with Crippen LogP contribution in [0, 0.1) is 0 Å². The Kier molecular flexibility index (Phi) is 4.11. The van der Waals surface area contributed by atoms with Gasteiger partial charge in [-0.05, 0) is 25.5 Å². The van der Waals surface area contributed by atoms with Crippen molar-refractivity contribution in [2.24, 2.45) is 0 Å². The summed E-state index contributed by atoms with van der Waals surface area (Å²) in [5.74, 6) is 1.57. The van der Waals surface area contributed by atoms with E-state index in [2.05, 4.69) is 27.2 Å². The lowest BCUT2D eigenvalue weighted by Gasteiger charge is -2.07. The van der Waals surface area contributed by atoms with E-state index in [1.54, 1.807) is 18.4 Å². The number of anilines is 1. The fourth-order valence-electron chi connectivity index (χ4n) is 1.38. The predicted molar refractivity (Wildman–Crippen MR) is 67.5 cm³/mol. The van der Waals surface area contributed by atoms with Crippen LogP contribution in [0.15, 0.2) is 22.8 Å². The minimum atomic E-state index is 0.303. The highest BCUT2D eigenvalue weighted by Crippen LogP contribution is 2.19. The zero-order valence-electron chi connectivity index (χ0n) is 10.5. The SMILES string of the molecule is CCCNc1nc(OCC)nc(-c2ccco2)n1. The first kappa shape index (κ1) is 12.3. The molecule has 0 spiro atoms. The number of nitrogens with one attached hydrogen (secondary N) is 1. The van der Waals surface area contributed by atoms with Gasteiger partial charge in [0.05, 0.1) is 12.9 Å². The van der Waals surface area contributed by atoms with E-state index in [1.165, 1.54) is 0 Å². The van der Waals surface area contributed by atoms with E-state index in [-0.39, 0.29) is 0 Å². The lowest BCUT2D eigenvalue weighted by Crippen LogP contribution is -2.08. The molecule has 0 aliphatic carbocycles. The lowest BCUT2D eigenvalue weighted by molar-refractivity contribution is 0.312. The van der Waals surface area contributed by atoms with Crippen molar-refractivity contribution < 1.29 is 9.15 Å². The van der Waals surface area contributed by atoms with E-state index in [4.69, 9.17) is 9.15 Å². The molecule has 1 N–H and O–H groups in total. The first-order chi connectivity index (χ1) is 8.83. The van der Waals surface area contributed by atoms with Gasteiger partial charge in [0.1, 0.15) is 0 Å². The van der Waals surface area contributed by atoms with Crippen LogP contribution >= 0.6 is 0 Å². The lowest BCUT2D eigenvalue weighted by atomic mass is 10.4. The number of ether oxygens (including phenoxy) is 1. The third-order valence-corrected chi connectivity index (χ3v) is 2.16. The van der Waals surface area contributed by atoms with Gasteiger partial charge in [-0.25, -0.2) is 0 Å². The summed E-state index contributed by atoms with van der Waals surface area (Å²) < 4.78 is 10.6. The molecular formula is C12H16N4O2.